The van der Waals surface area contributed by atoms with Gasteiger partial charge in [0.25, 0.3) is 0 Å². The minimum Gasteiger partial charge on any atom is -0.333 e. The lowest BCUT2D eigenvalue weighted by atomic mass is 10.1. The van der Waals surface area contributed by atoms with Crippen molar-refractivity contribution in [2.45, 2.75) is 12.7 Å². The number of carbonyl (C=O) groups excluding carboxylic acids is 1. The number of halogens is 3. The lowest BCUT2D eigenvalue weighted by Gasteiger charge is -2.08. The third-order valence-electron chi connectivity index (χ3n) is 1.87. The maximum atomic E-state index is 12.2. The van der Waals surface area contributed by atoms with Crippen LogP contribution < -0.4 is 16.6 Å². The molecule has 0 aliphatic rings. The molecule has 0 saturated heterocycles. The number of hydrazine groups is 1. The van der Waals surface area contributed by atoms with Crippen LogP contribution in [0.25, 0.3) is 0 Å². The second-order valence-corrected chi connectivity index (χ2v) is 3.02. The van der Waals surface area contributed by atoms with E-state index in [1.165, 1.54) is 12.1 Å². The first kappa shape index (κ1) is 12.3. The molecule has 0 bridgehead atoms. The van der Waals surface area contributed by atoms with Crippen molar-refractivity contribution in [1.82, 2.24) is 10.7 Å². The van der Waals surface area contributed by atoms with Crippen molar-refractivity contribution in [3.63, 3.8) is 0 Å². The molecule has 4 N–H and O–H groups in total. The average Bonchev–Trinajstić information content (AvgIpc) is 2.25. The molecular weight excluding hydrogens is 223 g/mol. The minimum atomic E-state index is -4.35. The molecule has 1 aromatic carbocycles. The fraction of sp³-hybridized carbons (Fsp3) is 0.222. The molecule has 0 aromatic heterocycles. The number of hydrogen-bond acceptors (Lipinski definition) is 2. The van der Waals surface area contributed by atoms with E-state index in [1.807, 2.05) is 5.43 Å². The van der Waals surface area contributed by atoms with Crippen LogP contribution in [0.1, 0.15) is 11.1 Å². The highest BCUT2D eigenvalue weighted by atomic mass is 19.4. The van der Waals surface area contributed by atoms with Gasteiger partial charge < -0.3 is 5.32 Å². The molecular formula is C9H10F3N3O. The van der Waals surface area contributed by atoms with E-state index in [4.69, 9.17) is 5.84 Å². The Morgan fingerprint density at radius 3 is 2.25 bits per heavy atom. The predicted molar refractivity (Wildman–Crippen MR) is 51.0 cm³/mol. The molecule has 16 heavy (non-hydrogen) atoms. The van der Waals surface area contributed by atoms with Crippen LogP contribution in [0.4, 0.5) is 18.0 Å². The minimum absolute atomic E-state index is 0.112. The number of rotatable bonds is 2. The van der Waals surface area contributed by atoms with Gasteiger partial charge in [0.15, 0.2) is 0 Å². The molecule has 0 saturated carbocycles. The summed E-state index contributed by atoms with van der Waals surface area (Å²) in [5.74, 6) is 4.81. The summed E-state index contributed by atoms with van der Waals surface area (Å²) in [4.78, 5) is 10.7. The summed E-state index contributed by atoms with van der Waals surface area (Å²) < 4.78 is 36.6. The first-order valence-electron chi connectivity index (χ1n) is 4.34. The molecule has 1 rings (SSSR count). The van der Waals surface area contributed by atoms with Crippen LogP contribution in [-0.4, -0.2) is 6.03 Å². The zero-order valence-electron chi connectivity index (χ0n) is 8.14. The smallest absolute Gasteiger partial charge is 0.333 e. The highest BCUT2D eigenvalue weighted by Crippen LogP contribution is 2.28. The van der Waals surface area contributed by atoms with Gasteiger partial charge in [0.2, 0.25) is 0 Å². The monoisotopic (exact) mass is 233 g/mol. The van der Waals surface area contributed by atoms with E-state index >= 15 is 0 Å². The molecule has 0 atom stereocenters. The fourth-order valence-corrected chi connectivity index (χ4v) is 1.04. The highest BCUT2D eigenvalue weighted by molar-refractivity contribution is 5.72. The molecule has 0 aliphatic carbocycles. The van der Waals surface area contributed by atoms with Crippen molar-refractivity contribution >= 4 is 6.03 Å². The Bertz CT molecular complexity index is 361. The maximum absolute atomic E-state index is 12.2. The molecule has 88 valence electrons. The van der Waals surface area contributed by atoms with Crippen molar-refractivity contribution < 1.29 is 18.0 Å². The molecule has 2 amide bonds. The van der Waals surface area contributed by atoms with Crippen LogP contribution in [-0.2, 0) is 12.7 Å². The van der Waals surface area contributed by atoms with E-state index in [0.29, 0.717) is 5.56 Å². The van der Waals surface area contributed by atoms with E-state index < -0.39 is 17.8 Å². The van der Waals surface area contributed by atoms with E-state index in [0.717, 1.165) is 12.1 Å². The van der Waals surface area contributed by atoms with Crippen molar-refractivity contribution in [3.8, 4) is 0 Å². The Morgan fingerprint density at radius 1 is 1.25 bits per heavy atom. The van der Waals surface area contributed by atoms with Crippen molar-refractivity contribution in [2.24, 2.45) is 5.84 Å². The molecule has 1 aromatic rings. The quantitative estimate of drug-likeness (QED) is 0.410. The average molecular weight is 233 g/mol. The number of hydrogen-bond donors (Lipinski definition) is 3. The van der Waals surface area contributed by atoms with Gasteiger partial charge in [-0.2, -0.15) is 13.2 Å². The topological polar surface area (TPSA) is 67.1 Å². The summed E-state index contributed by atoms with van der Waals surface area (Å²) >= 11 is 0. The molecule has 0 radical (unpaired) electrons. The summed E-state index contributed by atoms with van der Waals surface area (Å²) in [7, 11) is 0. The number of urea groups is 1. The molecule has 0 aliphatic heterocycles. The van der Waals surface area contributed by atoms with Gasteiger partial charge in [0.1, 0.15) is 0 Å². The number of amides is 2. The third-order valence-corrected chi connectivity index (χ3v) is 1.87. The van der Waals surface area contributed by atoms with Gasteiger partial charge in [-0.25, -0.2) is 10.6 Å². The Hall–Kier alpha value is -1.76. The lowest BCUT2D eigenvalue weighted by molar-refractivity contribution is -0.137. The van der Waals surface area contributed by atoms with Crippen molar-refractivity contribution in [2.75, 3.05) is 0 Å². The van der Waals surface area contributed by atoms with Gasteiger partial charge in [-0.3, -0.25) is 5.43 Å². The lowest BCUT2D eigenvalue weighted by Crippen LogP contribution is -2.39. The van der Waals surface area contributed by atoms with Crippen molar-refractivity contribution in [1.29, 1.82) is 0 Å². The maximum Gasteiger partial charge on any atom is 0.416 e. The van der Waals surface area contributed by atoms with E-state index in [1.54, 1.807) is 0 Å². The van der Waals surface area contributed by atoms with Gasteiger partial charge in [-0.05, 0) is 17.7 Å². The van der Waals surface area contributed by atoms with Crippen LogP contribution in [0.2, 0.25) is 0 Å². The molecule has 0 spiro atoms. The molecule has 0 unspecified atom stereocenters. The standard InChI is InChI=1S/C9H10F3N3O/c10-9(11,12)7-3-1-6(2-4-7)5-14-8(16)15-13/h1-4H,5,13H2,(H2,14,15,16). The first-order valence-corrected chi connectivity index (χ1v) is 4.34. The Balaban J connectivity index is 2.62. The number of alkyl halides is 3. The number of nitrogens with one attached hydrogen (secondary N) is 2. The van der Waals surface area contributed by atoms with Gasteiger partial charge in [0.05, 0.1) is 5.56 Å². The number of carbonyl (C=O) groups is 1. The second-order valence-electron chi connectivity index (χ2n) is 3.02. The summed E-state index contributed by atoms with van der Waals surface area (Å²) in [6.45, 7) is 0.112. The fourth-order valence-electron chi connectivity index (χ4n) is 1.04. The molecule has 4 nitrogen and oxygen atoms in total. The number of benzene rings is 1. The summed E-state index contributed by atoms with van der Waals surface area (Å²) in [6.07, 6.45) is -4.35. The van der Waals surface area contributed by atoms with Gasteiger partial charge >= 0.3 is 12.2 Å². The summed E-state index contributed by atoms with van der Waals surface area (Å²) in [5, 5.41) is 2.35. The molecule has 0 heterocycles. The number of nitrogens with two attached hydrogens (primary N) is 1. The molecule has 0 fully saturated rings. The Morgan fingerprint density at radius 2 is 1.81 bits per heavy atom. The third kappa shape index (κ3) is 3.43. The van der Waals surface area contributed by atoms with Crippen molar-refractivity contribution in [3.05, 3.63) is 35.4 Å². The van der Waals surface area contributed by atoms with E-state index in [-0.39, 0.29) is 6.54 Å². The van der Waals surface area contributed by atoms with E-state index in [2.05, 4.69) is 5.32 Å². The van der Waals surface area contributed by atoms with E-state index in [9.17, 15) is 18.0 Å². The van der Waals surface area contributed by atoms with Gasteiger partial charge in [-0.15, -0.1) is 0 Å². The zero-order valence-corrected chi connectivity index (χ0v) is 8.14. The molecule has 7 heteroatoms. The van der Waals surface area contributed by atoms with Crippen LogP contribution >= 0.6 is 0 Å². The van der Waals surface area contributed by atoms with Gasteiger partial charge in [-0.1, -0.05) is 12.1 Å². The second kappa shape index (κ2) is 4.84. The van der Waals surface area contributed by atoms with Crippen LogP contribution in [0.15, 0.2) is 24.3 Å². The zero-order chi connectivity index (χ0) is 12.2. The first-order chi connectivity index (χ1) is 7.43. The predicted octanol–water partition coefficient (Wildman–Crippen LogP) is 1.38. The van der Waals surface area contributed by atoms with Gasteiger partial charge in [0, 0.05) is 6.54 Å². The Kier molecular flexibility index (Phi) is 3.73. The van der Waals surface area contributed by atoms with Crippen LogP contribution in [0.3, 0.4) is 0 Å². The Labute approximate surface area is 89.6 Å². The van der Waals surface area contributed by atoms with Crippen LogP contribution in [0, 0.1) is 0 Å². The summed E-state index contributed by atoms with van der Waals surface area (Å²) in [6, 6.07) is 3.90. The SMILES string of the molecule is NNC(=O)NCc1ccc(C(F)(F)F)cc1. The highest BCUT2D eigenvalue weighted by Gasteiger charge is 2.29. The van der Waals surface area contributed by atoms with Crippen LogP contribution in [0.5, 0.6) is 0 Å². The summed E-state index contributed by atoms with van der Waals surface area (Å²) in [5.41, 5.74) is 1.67. The normalized spacial score (nSPS) is 11.0. The largest absolute Gasteiger partial charge is 0.416 e.